The number of aromatic nitrogens is 2. The maximum Gasteiger partial charge on any atom is 0.160 e. The van der Waals surface area contributed by atoms with Crippen LogP contribution in [0.4, 0.5) is 0 Å². The summed E-state index contributed by atoms with van der Waals surface area (Å²) >= 11 is 3.49. The number of aryl methyl sites for hydroxylation is 1. The predicted molar refractivity (Wildman–Crippen MR) is 59.9 cm³/mol. The summed E-state index contributed by atoms with van der Waals surface area (Å²) in [6.45, 7) is 2.05. The Morgan fingerprint density at radius 2 is 1.86 bits per heavy atom. The zero-order valence-corrected chi connectivity index (χ0v) is 9.32. The van der Waals surface area contributed by atoms with Crippen LogP contribution < -0.4 is 0 Å². The molecule has 0 atom stereocenters. The average molecular weight is 249 g/mol. The lowest BCUT2D eigenvalue weighted by atomic mass is 10.1. The Labute approximate surface area is 91.2 Å². The van der Waals surface area contributed by atoms with E-state index in [1.54, 1.807) is 12.4 Å². The van der Waals surface area contributed by atoms with E-state index >= 15 is 0 Å². The third-order valence-electron chi connectivity index (χ3n) is 1.93. The molecule has 0 saturated carbocycles. The molecule has 0 radical (unpaired) electrons. The molecule has 1 heterocycles. The fraction of sp³-hybridized carbons (Fsp3) is 0.0909. The maximum absolute atomic E-state index is 4.21. The van der Waals surface area contributed by atoms with E-state index in [4.69, 9.17) is 0 Å². The van der Waals surface area contributed by atoms with Gasteiger partial charge in [0.25, 0.3) is 0 Å². The van der Waals surface area contributed by atoms with E-state index in [0.29, 0.717) is 0 Å². The molecule has 14 heavy (non-hydrogen) atoms. The van der Waals surface area contributed by atoms with Crippen LogP contribution in [0.5, 0.6) is 0 Å². The number of rotatable bonds is 1. The molecule has 0 amide bonds. The van der Waals surface area contributed by atoms with Gasteiger partial charge in [-0.05, 0) is 25.1 Å². The largest absolute Gasteiger partial charge is 0.237 e. The van der Waals surface area contributed by atoms with Crippen LogP contribution in [0, 0.1) is 6.92 Å². The van der Waals surface area contributed by atoms with Crippen molar-refractivity contribution in [2.75, 3.05) is 0 Å². The van der Waals surface area contributed by atoms with Crippen LogP contribution in [-0.4, -0.2) is 9.97 Å². The molecule has 1 aromatic heterocycles. The van der Waals surface area contributed by atoms with E-state index in [-0.39, 0.29) is 0 Å². The molecule has 0 bridgehead atoms. The molecule has 70 valence electrons. The van der Waals surface area contributed by atoms with Crippen molar-refractivity contribution in [3.8, 4) is 11.4 Å². The Kier molecular flexibility index (Phi) is 2.59. The van der Waals surface area contributed by atoms with Crippen LogP contribution in [0.2, 0.25) is 0 Å². The van der Waals surface area contributed by atoms with E-state index < -0.39 is 0 Å². The average Bonchev–Trinajstić information content (AvgIpc) is 2.23. The lowest BCUT2D eigenvalue weighted by Gasteiger charge is -2.03. The normalized spacial score (nSPS) is 10.1. The highest BCUT2D eigenvalue weighted by Crippen LogP contribution is 2.25. The molecular weight excluding hydrogens is 240 g/mol. The zero-order chi connectivity index (χ0) is 9.97. The second-order valence-corrected chi connectivity index (χ2v) is 3.91. The van der Waals surface area contributed by atoms with Gasteiger partial charge in [-0.25, -0.2) is 9.97 Å². The van der Waals surface area contributed by atoms with Gasteiger partial charge in [-0.3, -0.25) is 0 Å². The minimum absolute atomic E-state index is 0.753. The molecular formula is C11H9BrN2. The Balaban J connectivity index is 2.57. The zero-order valence-electron chi connectivity index (χ0n) is 7.74. The van der Waals surface area contributed by atoms with Crippen molar-refractivity contribution in [3.05, 3.63) is 46.7 Å². The maximum atomic E-state index is 4.21. The van der Waals surface area contributed by atoms with Gasteiger partial charge in [0.2, 0.25) is 0 Å². The van der Waals surface area contributed by atoms with Gasteiger partial charge in [0.05, 0.1) is 0 Å². The third kappa shape index (κ3) is 1.82. The number of benzene rings is 1. The Morgan fingerprint density at radius 1 is 1.14 bits per heavy atom. The van der Waals surface area contributed by atoms with Gasteiger partial charge < -0.3 is 0 Å². The minimum Gasteiger partial charge on any atom is -0.237 e. The molecule has 0 aliphatic rings. The van der Waals surface area contributed by atoms with Gasteiger partial charge in [0.15, 0.2) is 5.82 Å². The van der Waals surface area contributed by atoms with Crippen LogP contribution in [0.25, 0.3) is 11.4 Å². The van der Waals surface area contributed by atoms with Crippen LogP contribution in [0.3, 0.4) is 0 Å². The van der Waals surface area contributed by atoms with Crippen LogP contribution in [0.1, 0.15) is 5.56 Å². The van der Waals surface area contributed by atoms with Crippen molar-refractivity contribution in [2.24, 2.45) is 0 Å². The summed E-state index contributed by atoms with van der Waals surface area (Å²) in [5.41, 5.74) is 2.24. The molecule has 0 unspecified atom stereocenters. The molecule has 2 rings (SSSR count). The summed E-state index contributed by atoms with van der Waals surface area (Å²) in [5.74, 6) is 0.753. The summed E-state index contributed by atoms with van der Waals surface area (Å²) < 4.78 is 1.02. The first-order chi connectivity index (χ1) is 6.77. The van der Waals surface area contributed by atoms with Gasteiger partial charge in [-0.15, -0.1) is 0 Å². The summed E-state index contributed by atoms with van der Waals surface area (Å²) in [4.78, 5) is 8.42. The van der Waals surface area contributed by atoms with Crippen molar-refractivity contribution in [1.29, 1.82) is 0 Å². The van der Waals surface area contributed by atoms with Gasteiger partial charge in [0.1, 0.15) is 0 Å². The number of halogens is 1. The second kappa shape index (κ2) is 3.88. The molecule has 0 aliphatic heterocycles. The molecule has 0 saturated heterocycles. The Hall–Kier alpha value is -1.22. The molecule has 0 N–H and O–H groups in total. The number of nitrogens with zero attached hydrogens (tertiary/aromatic N) is 2. The standard InChI is InChI=1S/C11H9BrN2/c1-8-3-4-10(12)9(7-8)11-13-5-2-6-14-11/h2-7H,1H3. The minimum atomic E-state index is 0.753. The topological polar surface area (TPSA) is 25.8 Å². The third-order valence-corrected chi connectivity index (χ3v) is 2.62. The monoisotopic (exact) mass is 248 g/mol. The van der Waals surface area contributed by atoms with Crippen molar-refractivity contribution in [3.63, 3.8) is 0 Å². The first-order valence-electron chi connectivity index (χ1n) is 4.31. The van der Waals surface area contributed by atoms with Crippen molar-refractivity contribution >= 4 is 15.9 Å². The lowest BCUT2D eigenvalue weighted by Crippen LogP contribution is -1.88. The first kappa shape index (κ1) is 9.34. The van der Waals surface area contributed by atoms with Gasteiger partial charge >= 0.3 is 0 Å². The quantitative estimate of drug-likeness (QED) is 0.775. The fourth-order valence-electron chi connectivity index (χ4n) is 1.25. The molecule has 1 aromatic carbocycles. The SMILES string of the molecule is Cc1ccc(Br)c(-c2ncccn2)c1. The summed E-state index contributed by atoms with van der Waals surface area (Å²) in [6.07, 6.45) is 3.49. The second-order valence-electron chi connectivity index (χ2n) is 3.06. The first-order valence-corrected chi connectivity index (χ1v) is 5.10. The highest BCUT2D eigenvalue weighted by atomic mass is 79.9. The van der Waals surface area contributed by atoms with Crippen molar-refractivity contribution in [2.45, 2.75) is 6.92 Å². The van der Waals surface area contributed by atoms with E-state index in [9.17, 15) is 0 Å². The fourth-order valence-corrected chi connectivity index (χ4v) is 1.67. The van der Waals surface area contributed by atoms with E-state index in [0.717, 1.165) is 15.9 Å². The van der Waals surface area contributed by atoms with Gasteiger partial charge in [0, 0.05) is 22.4 Å². The van der Waals surface area contributed by atoms with E-state index in [1.807, 2.05) is 12.1 Å². The van der Waals surface area contributed by atoms with Gasteiger partial charge in [-0.2, -0.15) is 0 Å². The number of hydrogen-bond donors (Lipinski definition) is 0. The summed E-state index contributed by atoms with van der Waals surface area (Å²) in [7, 11) is 0. The predicted octanol–water partition coefficient (Wildman–Crippen LogP) is 3.21. The molecule has 0 aliphatic carbocycles. The molecule has 2 nitrogen and oxygen atoms in total. The van der Waals surface area contributed by atoms with Crippen LogP contribution >= 0.6 is 15.9 Å². The summed E-state index contributed by atoms with van der Waals surface area (Å²) in [5, 5.41) is 0. The van der Waals surface area contributed by atoms with E-state index in [1.165, 1.54) is 5.56 Å². The molecule has 0 spiro atoms. The highest BCUT2D eigenvalue weighted by molar-refractivity contribution is 9.10. The Bertz CT molecular complexity index is 440. The van der Waals surface area contributed by atoms with Crippen LogP contribution in [-0.2, 0) is 0 Å². The van der Waals surface area contributed by atoms with Gasteiger partial charge in [-0.1, -0.05) is 27.6 Å². The number of hydrogen-bond acceptors (Lipinski definition) is 2. The van der Waals surface area contributed by atoms with E-state index in [2.05, 4.69) is 45.0 Å². The smallest absolute Gasteiger partial charge is 0.160 e. The molecule has 3 heteroatoms. The lowest BCUT2D eigenvalue weighted by molar-refractivity contribution is 1.17. The van der Waals surface area contributed by atoms with Crippen LogP contribution in [0.15, 0.2) is 41.1 Å². The summed E-state index contributed by atoms with van der Waals surface area (Å²) in [6, 6.07) is 7.95. The van der Waals surface area contributed by atoms with Crippen molar-refractivity contribution in [1.82, 2.24) is 9.97 Å². The molecule has 0 fully saturated rings. The molecule has 2 aromatic rings. The highest BCUT2D eigenvalue weighted by Gasteiger charge is 2.04. The Morgan fingerprint density at radius 3 is 2.57 bits per heavy atom. The van der Waals surface area contributed by atoms with Crippen molar-refractivity contribution < 1.29 is 0 Å².